The van der Waals surface area contributed by atoms with E-state index in [4.69, 9.17) is 20.3 Å². The highest BCUT2D eigenvalue weighted by Crippen LogP contribution is 2.43. The summed E-state index contributed by atoms with van der Waals surface area (Å²) in [5.41, 5.74) is 0. The van der Waals surface area contributed by atoms with E-state index in [2.05, 4.69) is 0 Å². The van der Waals surface area contributed by atoms with Crippen molar-refractivity contribution < 1.29 is 25.9 Å². The van der Waals surface area contributed by atoms with Crippen LogP contribution in [0.1, 0.15) is 0 Å². The molecular formula is C16H18ClO6PS2. The van der Waals surface area contributed by atoms with Gasteiger partial charge in [-0.25, -0.2) is 16.8 Å². The Morgan fingerprint density at radius 1 is 0.692 bits per heavy atom. The van der Waals surface area contributed by atoms with Crippen molar-refractivity contribution in [2.24, 2.45) is 0 Å². The summed E-state index contributed by atoms with van der Waals surface area (Å²) in [6, 6.07) is 16.0. The average molecular weight is 437 g/mol. The van der Waals surface area contributed by atoms with E-state index in [0.29, 0.717) is 0 Å². The summed E-state index contributed by atoms with van der Waals surface area (Å²) in [7, 11) is -8.80. The fourth-order valence-corrected chi connectivity index (χ4v) is 5.39. The largest absolute Gasteiger partial charge is 0.321 e. The van der Waals surface area contributed by atoms with Crippen LogP contribution in [-0.4, -0.2) is 41.6 Å². The molecule has 10 heteroatoms. The summed E-state index contributed by atoms with van der Waals surface area (Å²) in [6.07, 6.45) is 0. The Balaban J connectivity index is 1.73. The van der Waals surface area contributed by atoms with E-state index < -0.39 is 27.4 Å². The maximum absolute atomic E-state index is 12.1. The molecule has 0 saturated carbocycles. The van der Waals surface area contributed by atoms with Gasteiger partial charge in [0, 0.05) is 0 Å². The lowest BCUT2D eigenvalue weighted by molar-refractivity contribution is 0.283. The second-order valence-corrected chi connectivity index (χ2v) is 11.1. The first-order valence-corrected chi connectivity index (χ1v) is 13.0. The highest BCUT2D eigenvalue weighted by Gasteiger charge is 2.18. The van der Waals surface area contributed by atoms with Gasteiger partial charge in [0.25, 0.3) is 7.73 Å². The second-order valence-electron chi connectivity index (χ2n) is 5.14. The standard InChI is InChI=1S/C16H18ClO6PS2/c17-24(22-11-13-25(18,19)15-7-3-1-4-8-15)23-12-14-26(20,21)16-9-5-2-6-10-16/h1-10H,11-14H2. The van der Waals surface area contributed by atoms with Crippen LogP contribution in [0.5, 0.6) is 0 Å². The molecule has 0 fully saturated rings. The molecule has 6 nitrogen and oxygen atoms in total. The van der Waals surface area contributed by atoms with Crippen LogP contribution in [-0.2, 0) is 28.7 Å². The van der Waals surface area contributed by atoms with Crippen molar-refractivity contribution in [2.75, 3.05) is 24.7 Å². The van der Waals surface area contributed by atoms with E-state index in [-0.39, 0.29) is 34.5 Å². The minimum atomic E-state index is -3.46. The Kier molecular flexibility index (Phi) is 8.01. The molecule has 0 unspecified atom stereocenters. The summed E-state index contributed by atoms with van der Waals surface area (Å²) < 4.78 is 58.6. The number of sulfone groups is 2. The fraction of sp³-hybridized carbons (Fsp3) is 0.250. The lowest BCUT2D eigenvalue weighted by Crippen LogP contribution is -2.13. The van der Waals surface area contributed by atoms with Gasteiger partial charge >= 0.3 is 0 Å². The SMILES string of the molecule is O=S(=O)(CCOP(Cl)OCCS(=O)(=O)c1ccccc1)c1ccccc1. The lowest BCUT2D eigenvalue weighted by Gasteiger charge is -2.11. The molecular weight excluding hydrogens is 419 g/mol. The van der Waals surface area contributed by atoms with Crippen LogP contribution in [0.15, 0.2) is 70.5 Å². The minimum Gasteiger partial charge on any atom is -0.321 e. The Hall–Kier alpha value is -1.02. The fourth-order valence-electron chi connectivity index (χ4n) is 1.97. The van der Waals surface area contributed by atoms with Gasteiger partial charge in [-0.05, 0) is 35.5 Å². The van der Waals surface area contributed by atoms with Gasteiger partial charge in [0.1, 0.15) is 0 Å². The van der Waals surface area contributed by atoms with Crippen LogP contribution in [0.2, 0.25) is 0 Å². The average Bonchev–Trinajstić information content (AvgIpc) is 2.63. The Labute approximate surface area is 159 Å². The van der Waals surface area contributed by atoms with Gasteiger partial charge in [0.15, 0.2) is 19.7 Å². The summed E-state index contributed by atoms with van der Waals surface area (Å²) >= 11 is 5.86. The zero-order valence-corrected chi connectivity index (χ0v) is 17.0. The van der Waals surface area contributed by atoms with Crippen molar-refractivity contribution in [1.82, 2.24) is 0 Å². The van der Waals surface area contributed by atoms with Crippen LogP contribution in [0.4, 0.5) is 0 Å². The maximum atomic E-state index is 12.1. The third kappa shape index (κ3) is 6.61. The zero-order valence-electron chi connectivity index (χ0n) is 13.7. The maximum Gasteiger partial charge on any atom is 0.276 e. The molecule has 0 bridgehead atoms. The smallest absolute Gasteiger partial charge is 0.276 e. The molecule has 0 aliphatic carbocycles. The normalized spacial score (nSPS) is 12.4. The Morgan fingerprint density at radius 2 is 1.04 bits per heavy atom. The molecule has 0 aliphatic heterocycles. The van der Waals surface area contributed by atoms with Crippen molar-refractivity contribution in [3.8, 4) is 0 Å². The molecule has 0 N–H and O–H groups in total. The van der Waals surface area contributed by atoms with Gasteiger partial charge in [0.2, 0.25) is 0 Å². The summed E-state index contributed by atoms with van der Waals surface area (Å²) in [6.45, 7) is -0.282. The second kappa shape index (κ2) is 9.78. The first-order chi connectivity index (χ1) is 12.3. The number of rotatable bonds is 10. The molecule has 0 aromatic heterocycles. The molecule has 26 heavy (non-hydrogen) atoms. The third-order valence-electron chi connectivity index (χ3n) is 3.29. The van der Waals surface area contributed by atoms with Crippen LogP contribution >= 0.6 is 19.0 Å². The van der Waals surface area contributed by atoms with Crippen molar-refractivity contribution >= 4 is 38.6 Å². The van der Waals surface area contributed by atoms with Gasteiger partial charge in [-0.2, -0.15) is 0 Å². The molecule has 0 atom stereocenters. The summed E-state index contributed by atoms with van der Waals surface area (Å²) in [5.74, 6) is -0.484. The third-order valence-corrected chi connectivity index (χ3v) is 8.04. The molecule has 0 amide bonds. The van der Waals surface area contributed by atoms with Crippen molar-refractivity contribution in [3.63, 3.8) is 0 Å². The van der Waals surface area contributed by atoms with Gasteiger partial charge < -0.3 is 9.05 Å². The lowest BCUT2D eigenvalue weighted by atomic mass is 10.4. The Morgan fingerprint density at radius 3 is 1.38 bits per heavy atom. The molecule has 2 rings (SSSR count). The highest BCUT2D eigenvalue weighted by molar-refractivity contribution is 7.91. The van der Waals surface area contributed by atoms with E-state index >= 15 is 0 Å². The quantitative estimate of drug-likeness (QED) is 0.530. The van der Waals surface area contributed by atoms with E-state index in [1.165, 1.54) is 24.3 Å². The first-order valence-electron chi connectivity index (χ1n) is 7.59. The van der Waals surface area contributed by atoms with E-state index in [1.54, 1.807) is 36.4 Å². The number of halogens is 1. The van der Waals surface area contributed by atoms with E-state index in [9.17, 15) is 16.8 Å². The van der Waals surface area contributed by atoms with Gasteiger partial charge in [-0.1, -0.05) is 36.4 Å². The van der Waals surface area contributed by atoms with Crippen LogP contribution < -0.4 is 0 Å². The number of hydrogen-bond acceptors (Lipinski definition) is 6. The number of benzene rings is 2. The molecule has 0 radical (unpaired) electrons. The van der Waals surface area contributed by atoms with E-state index in [0.717, 1.165) is 0 Å². The topological polar surface area (TPSA) is 86.7 Å². The minimum absolute atomic E-state index is 0.141. The molecule has 0 heterocycles. The predicted octanol–water partition coefficient (Wildman–Crippen LogP) is 3.43. The van der Waals surface area contributed by atoms with Crippen molar-refractivity contribution in [1.29, 1.82) is 0 Å². The summed E-state index contributed by atoms with van der Waals surface area (Å²) in [4.78, 5) is 0.412. The number of hydrogen-bond donors (Lipinski definition) is 0. The molecule has 0 aliphatic rings. The molecule has 0 saturated heterocycles. The van der Waals surface area contributed by atoms with Crippen molar-refractivity contribution in [3.05, 3.63) is 60.7 Å². The predicted molar refractivity (Wildman–Crippen MR) is 102 cm³/mol. The van der Waals surface area contributed by atoms with E-state index in [1.807, 2.05) is 0 Å². The Bertz CT molecular complexity index is 813. The van der Waals surface area contributed by atoms with Gasteiger partial charge in [-0.3, -0.25) is 0 Å². The zero-order chi connectivity index (χ0) is 19.0. The van der Waals surface area contributed by atoms with Crippen molar-refractivity contribution in [2.45, 2.75) is 9.79 Å². The van der Waals surface area contributed by atoms with Crippen LogP contribution in [0.25, 0.3) is 0 Å². The molecule has 2 aromatic rings. The molecule has 2 aromatic carbocycles. The molecule has 142 valence electrons. The monoisotopic (exact) mass is 436 g/mol. The summed E-state index contributed by atoms with van der Waals surface area (Å²) in [5, 5.41) is 0. The van der Waals surface area contributed by atoms with Crippen LogP contribution in [0, 0.1) is 0 Å². The molecule has 0 spiro atoms. The van der Waals surface area contributed by atoms with Gasteiger partial charge in [-0.15, -0.1) is 0 Å². The van der Waals surface area contributed by atoms with Gasteiger partial charge in [0.05, 0.1) is 34.5 Å². The highest BCUT2D eigenvalue weighted by atomic mass is 35.7. The van der Waals surface area contributed by atoms with Crippen LogP contribution in [0.3, 0.4) is 0 Å². The first kappa shape index (κ1) is 21.3.